The molecule has 0 spiro atoms. The van der Waals surface area contributed by atoms with Crippen LogP contribution in [0.3, 0.4) is 0 Å². The van der Waals surface area contributed by atoms with Crippen LogP contribution in [0.25, 0.3) is 0 Å². The lowest BCUT2D eigenvalue weighted by atomic mass is 9.80. The van der Waals surface area contributed by atoms with E-state index in [0.29, 0.717) is 5.96 Å². The molecule has 0 unspecified atom stereocenters. The highest BCUT2D eigenvalue weighted by atomic mass is 32.2. The van der Waals surface area contributed by atoms with Crippen LogP contribution in [0.2, 0.25) is 0 Å². The van der Waals surface area contributed by atoms with E-state index in [0.717, 1.165) is 12.2 Å². The first-order valence-corrected chi connectivity index (χ1v) is 9.89. The molecule has 0 radical (unpaired) electrons. The van der Waals surface area contributed by atoms with Crippen molar-refractivity contribution < 1.29 is 0 Å². The molecule has 5 heteroatoms. The van der Waals surface area contributed by atoms with Crippen molar-refractivity contribution in [3.05, 3.63) is 30.3 Å². The Balaban J connectivity index is 1.66. The second kappa shape index (κ2) is 8.06. The Hall–Kier alpha value is -1.20. The molecule has 3 rings (SSSR count). The molecule has 0 atom stereocenters. The van der Waals surface area contributed by atoms with E-state index >= 15 is 0 Å². The summed E-state index contributed by atoms with van der Waals surface area (Å²) in [6, 6.07) is 10.0. The number of para-hydroxylation sites is 1. The minimum absolute atomic E-state index is 0.238. The van der Waals surface area contributed by atoms with E-state index in [4.69, 9.17) is 10.7 Å². The molecule has 1 aromatic carbocycles. The van der Waals surface area contributed by atoms with E-state index < -0.39 is 0 Å². The van der Waals surface area contributed by atoms with Crippen molar-refractivity contribution in [2.75, 3.05) is 36.5 Å². The smallest absolute Gasteiger partial charge is 0.193 e. The second-order valence-corrected chi connectivity index (χ2v) is 7.80. The molecule has 23 heavy (non-hydrogen) atoms. The Labute approximate surface area is 143 Å². The molecule has 2 aliphatic rings. The van der Waals surface area contributed by atoms with E-state index in [-0.39, 0.29) is 5.54 Å². The van der Waals surface area contributed by atoms with Gasteiger partial charge in [-0.2, -0.15) is 11.8 Å². The van der Waals surface area contributed by atoms with Crippen molar-refractivity contribution in [1.82, 2.24) is 4.90 Å². The third kappa shape index (κ3) is 4.42. The highest BCUT2D eigenvalue weighted by Crippen LogP contribution is 2.35. The monoisotopic (exact) mass is 332 g/mol. The Bertz CT molecular complexity index is 505. The molecule has 3 N–H and O–H groups in total. The van der Waals surface area contributed by atoms with Gasteiger partial charge >= 0.3 is 0 Å². The highest BCUT2D eigenvalue weighted by molar-refractivity contribution is 7.99. The average Bonchev–Trinajstić information content (AvgIpc) is 2.62. The van der Waals surface area contributed by atoms with E-state index in [2.05, 4.69) is 22.0 Å². The van der Waals surface area contributed by atoms with Gasteiger partial charge in [0.2, 0.25) is 0 Å². The Morgan fingerprint density at radius 2 is 1.83 bits per heavy atom. The maximum atomic E-state index is 6.13. The molecule has 1 heterocycles. The molecular weight excluding hydrogens is 304 g/mol. The summed E-state index contributed by atoms with van der Waals surface area (Å²) >= 11 is 2.07. The van der Waals surface area contributed by atoms with E-state index in [1.54, 1.807) is 0 Å². The Morgan fingerprint density at radius 1 is 1.13 bits per heavy atom. The molecule has 1 saturated heterocycles. The van der Waals surface area contributed by atoms with E-state index in [1.165, 1.54) is 56.7 Å². The van der Waals surface area contributed by atoms with Crippen molar-refractivity contribution in [2.24, 2.45) is 10.7 Å². The van der Waals surface area contributed by atoms with Crippen molar-refractivity contribution in [2.45, 2.75) is 37.6 Å². The van der Waals surface area contributed by atoms with Crippen LogP contribution < -0.4 is 11.1 Å². The van der Waals surface area contributed by atoms with Crippen LogP contribution in [-0.4, -0.2) is 47.5 Å². The minimum Gasteiger partial charge on any atom is -0.370 e. The maximum Gasteiger partial charge on any atom is 0.193 e. The zero-order valence-corrected chi connectivity index (χ0v) is 14.7. The lowest BCUT2D eigenvalue weighted by molar-refractivity contribution is 0.0673. The van der Waals surface area contributed by atoms with Crippen LogP contribution in [0.4, 0.5) is 5.69 Å². The zero-order chi connectivity index (χ0) is 16.0. The van der Waals surface area contributed by atoms with E-state index in [1.807, 2.05) is 30.3 Å². The van der Waals surface area contributed by atoms with Gasteiger partial charge in [0.25, 0.3) is 0 Å². The maximum absolute atomic E-state index is 6.13. The topological polar surface area (TPSA) is 53.6 Å². The summed E-state index contributed by atoms with van der Waals surface area (Å²) in [5.41, 5.74) is 7.37. The summed E-state index contributed by atoms with van der Waals surface area (Å²) in [6.07, 6.45) is 6.54. The van der Waals surface area contributed by atoms with E-state index in [9.17, 15) is 0 Å². The van der Waals surface area contributed by atoms with Gasteiger partial charge < -0.3 is 11.1 Å². The molecular formula is C18H28N4S. The molecule has 2 fully saturated rings. The number of nitrogens with one attached hydrogen (secondary N) is 1. The van der Waals surface area contributed by atoms with Gasteiger partial charge in [0.15, 0.2) is 5.96 Å². The van der Waals surface area contributed by atoms with Gasteiger partial charge in [0.1, 0.15) is 0 Å². The number of anilines is 1. The predicted molar refractivity (Wildman–Crippen MR) is 101 cm³/mol. The van der Waals surface area contributed by atoms with Gasteiger partial charge in [0, 0.05) is 35.8 Å². The first-order valence-electron chi connectivity index (χ1n) is 8.73. The van der Waals surface area contributed by atoms with Crippen LogP contribution >= 0.6 is 11.8 Å². The summed E-state index contributed by atoms with van der Waals surface area (Å²) in [6.45, 7) is 3.22. The number of rotatable bonds is 4. The van der Waals surface area contributed by atoms with Crippen molar-refractivity contribution in [1.29, 1.82) is 0 Å². The number of hydrogen-bond donors (Lipinski definition) is 2. The summed E-state index contributed by atoms with van der Waals surface area (Å²) in [5.74, 6) is 3.04. The Kier molecular flexibility index (Phi) is 5.84. The molecule has 0 bridgehead atoms. The number of nitrogens with two attached hydrogens (primary N) is 1. The van der Waals surface area contributed by atoms with Crippen LogP contribution in [0.5, 0.6) is 0 Å². The van der Waals surface area contributed by atoms with Gasteiger partial charge in [-0.3, -0.25) is 9.89 Å². The minimum atomic E-state index is 0.238. The van der Waals surface area contributed by atoms with Crippen LogP contribution in [0.15, 0.2) is 35.3 Å². The summed E-state index contributed by atoms with van der Waals surface area (Å²) in [5, 5.41) is 3.21. The van der Waals surface area contributed by atoms with Gasteiger partial charge in [-0.1, -0.05) is 37.5 Å². The Morgan fingerprint density at radius 3 is 2.52 bits per heavy atom. The summed E-state index contributed by atoms with van der Waals surface area (Å²) in [4.78, 5) is 7.42. The molecule has 126 valence electrons. The average molecular weight is 333 g/mol. The molecule has 1 aliphatic heterocycles. The molecule has 4 nitrogen and oxygen atoms in total. The largest absolute Gasteiger partial charge is 0.370 e. The standard InChI is InChI=1S/C18H28N4S/c19-17(21-16-7-3-1-4-8-16)20-15-18(9-5-2-6-10-18)22-11-13-23-14-12-22/h1,3-4,7-8H,2,5-6,9-15H2,(H3,19,20,21). The summed E-state index contributed by atoms with van der Waals surface area (Å²) in [7, 11) is 0. The third-order valence-electron chi connectivity index (χ3n) is 5.06. The summed E-state index contributed by atoms with van der Waals surface area (Å²) < 4.78 is 0. The zero-order valence-electron chi connectivity index (χ0n) is 13.8. The second-order valence-electron chi connectivity index (χ2n) is 6.58. The normalized spacial score (nSPS) is 22.7. The SMILES string of the molecule is NC(=NCC1(N2CCSCC2)CCCCC1)Nc1ccccc1. The number of benzene rings is 1. The molecule has 1 aromatic rings. The third-order valence-corrected chi connectivity index (χ3v) is 6.00. The molecule has 1 saturated carbocycles. The fourth-order valence-electron chi connectivity index (χ4n) is 3.76. The van der Waals surface area contributed by atoms with Gasteiger partial charge in [0.05, 0.1) is 6.54 Å². The molecule has 0 amide bonds. The van der Waals surface area contributed by atoms with Gasteiger partial charge in [-0.25, -0.2) is 0 Å². The van der Waals surface area contributed by atoms with Gasteiger partial charge in [-0.05, 0) is 25.0 Å². The highest BCUT2D eigenvalue weighted by Gasteiger charge is 2.38. The van der Waals surface area contributed by atoms with Crippen molar-refractivity contribution in [3.63, 3.8) is 0 Å². The number of hydrogen-bond acceptors (Lipinski definition) is 3. The molecule has 1 aliphatic carbocycles. The number of aliphatic imine (C=N–C) groups is 1. The van der Waals surface area contributed by atoms with Crippen molar-refractivity contribution >= 4 is 23.4 Å². The number of guanidine groups is 1. The lowest BCUT2D eigenvalue weighted by Gasteiger charge is -2.47. The molecule has 0 aromatic heterocycles. The lowest BCUT2D eigenvalue weighted by Crippen LogP contribution is -2.55. The van der Waals surface area contributed by atoms with Gasteiger partial charge in [-0.15, -0.1) is 0 Å². The fraction of sp³-hybridized carbons (Fsp3) is 0.611. The van der Waals surface area contributed by atoms with Crippen LogP contribution in [-0.2, 0) is 0 Å². The fourth-order valence-corrected chi connectivity index (χ4v) is 4.67. The first kappa shape index (κ1) is 16.7. The number of thioether (sulfide) groups is 1. The van der Waals surface area contributed by atoms with Crippen molar-refractivity contribution in [3.8, 4) is 0 Å². The van der Waals surface area contributed by atoms with Crippen LogP contribution in [0.1, 0.15) is 32.1 Å². The predicted octanol–water partition coefficient (Wildman–Crippen LogP) is 3.16. The van der Waals surface area contributed by atoms with Crippen LogP contribution in [0, 0.1) is 0 Å². The quantitative estimate of drug-likeness (QED) is 0.657. The number of nitrogens with zero attached hydrogens (tertiary/aromatic N) is 2. The first-order chi connectivity index (χ1) is 11.3.